The van der Waals surface area contributed by atoms with Crippen LogP contribution >= 0.6 is 11.3 Å². The van der Waals surface area contributed by atoms with Crippen LogP contribution in [0.4, 0.5) is 4.39 Å². The van der Waals surface area contributed by atoms with Crippen molar-refractivity contribution >= 4 is 11.3 Å². The zero-order valence-electron chi connectivity index (χ0n) is 11.5. The van der Waals surface area contributed by atoms with Crippen LogP contribution in [0.2, 0.25) is 0 Å². The first-order valence-electron chi connectivity index (χ1n) is 6.84. The Kier molecular flexibility index (Phi) is 4.10. The van der Waals surface area contributed by atoms with E-state index in [0.717, 1.165) is 36.8 Å². The molecule has 1 atom stereocenters. The van der Waals surface area contributed by atoms with Crippen molar-refractivity contribution in [2.45, 2.75) is 19.5 Å². The van der Waals surface area contributed by atoms with Gasteiger partial charge in [0.1, 0.15) is 5.82 Å². The lowest BCUT2D eigenvalue weighted by atomic mass is 10.0. The third-order valence-electron chi connectivity index (χ3n) is 3.62. The number of aromatic nitrogens is 1. The highest BCUT2D eigenvalue weighted by atomic mass is 32.1. The number of nitrogens with zero attached hydrogens (tertiary/aromatic N) is 2. The van der Waals surface area contributed by atoms with Crippen LogP contribution in [0.15, 0.2) is 30.5 Å². The number of halogens is 1. The van der Waals surface area contributed by atoms with Gasteiger partial charge in [-0.2, -0.15) is 0 Å². The number of hydrogen-bond donors (Lipinski definition) is 1. The third kappa shape index (κ3) is 3.06. The summed E-state index contributed by atoms with van der Waals surface area (Å²) in [7, 11) is 0. The van der Waals surface area contributed by atoms with Crippen LogP contribution in [0.5, 0.6) is 0 Å². The SMILES string of the molecule is Cc1ncc(CN2CCNCC2c2cccc(F)c2)s1. The van der Waals surface area contributed by atoms with Crippen LogP contribution in [0, 0.1) is 12.7 Å². The molecule has 1 fully saturated rings. The number of benzene rings is 1. The van der Waals surface area contributed by atoms with Gasteiger partial charge in [-0.25, -0.2) is 9.37 Å². The molecule has 3 nitrogen and oxygen atoms in total. The second-order valence-electron chi connectivity index (χ2n) is 5.09. The average molecular weight is 291 g/mol. The van der Waals surface area contributed by atoms with Crippen molar-refractivity contribution < 1.29 is 4.39 Å². The van der Waals surface area contributed by atoms with Crippen LogP contribution in [-0.4, -0.2) is 29.5 Å². The van der Waals surface area contributed by atoms with E-state index in [1.165, 1.54) is 10.9 Å². The predicted octanol–water partition coefficient (Wildman–Crippen LogP) is 2.74. The molecule has 5 heteroatoms. The van der Waals surface area contributed by atoms with Crippen molar-refractivity contribution in [3.63, 3.8) is 0 Å². The Hall–Kier alpha value is -1.30. The fraction of sp³-hybridized carbons (Fsp3) is 0.400. The molecule has 20 heavy (non-hydrogen) atoms. The third-order valence-corrected chi connectivity index (χ3v) is 4.51. The molecule has 0 radical (unpaired) electrons. The molecule has 1 aromatic carbocycles. The largest absolute Gasteiger partial charge is 0.314 e. The molecular weight excluding hydrogens is 273 g/mol. The van der Waals surface area contributed by atoms with E-state index in [4.69, 9.17) is 0 Å². The zero-order valence-corrected chi connectivity index (χ0v) is 12.3. The lowest BCUT2D eigenvalue weighted by molar-refractivity contribution is 0.155. The second-order valence-corrected chi connectivity index (χ2v) is 6.41. The van der Waals surface area contributed by atoms with Gasteiger partial charge < -0.3 is 5.32 Å². The van der Waals surface area contributed by atoms with E-state index in [1.807, 2.05) is 19.2 Å². The van der Waals surface area contributed by atoms with Crippen molar-refractivity contribution in [1.82, 2.24) is 15.2 Å². The second kappa shape index (κ2) is 5.99. The van der Waals surface area contributed by atoms with Crippen molar-refractivity contribution in [2.24, 2.45) is 0 Å². The normalized spacial score (nSPS) is 20.2. The first-order chi connectivity index (χ1) is 9.72. The maximum absolute atomic E-state index is 13.4. The molecule has 3 rings (SSSR count). The van der Waals surface area contributed by atoms with Gasteiger partial charge in [-0.1, -0.05) is 12.1 Å². The number of thiazole rings is 1. The standard InChI is InChI=1S/C15H18FN3S/c1-11-18-8-14(20-11)10-19-6-5-17-9-15(19)12-3-2-4-13(16)7-12/h2-4,7-8,15,17H,5-6,9-10H2,1H3. The van der Waals surface area contributed by atoms with E-state index >= 15 is 0 Å². The average Bonchev–Trinajstić information content (AvgIpc) is 2.85. The van der Waals surface area contributed by atoms with E-state index < -0.39 is 0 Å². The maximum atomic E-state index is 13.4. The molecule has 0 amide bonds. The molecule has 0 bridgehead atoms. The minimum absolute atomic E-state index is 0.165. The number of piperazine rings is 1. The van der Waals surface area contributed by atoms with Gasteiger partial charge in [0.25, 0.3) is 0 Å². The highest BCUT2D eigenvalue weighted by molar-refractivity contribution is 7.11. The summed E-state index contributed by atoms with van der Waals surface area (Å²) in [5.74, 6) is -0.165. The monoisotopic (exact) mass is 291 g/mol. The Morgan fingerprint density at radius 1 is 1.50 bits per heavy atom. The molecule has 1 saturated heterocycles. The van der Waals surface area contributed by atoms with E-state index in [-0.39, 0.29) is 11.9 Å². The zero-order chi connectivity index (χ0) is 13.9. The highest BCUT2D eigenvalue weighted by Crippen LogP contribution is 2.26. The molecule has 1 aliphatic rings. The molecule has 106 valence electrons. The molecule has 2 heterocycles. The molecule has 1 N–H and O–H groups in total. The summed E-state index contributed by atoms with van der Waals surface area (Å²) in [6.07, 6.45) is 1.95. The van der Waals surface area contributed by atoms with Crippen LogP contribution < -0.4 is 5.32 Å². The van der Waals surface area contributed by atoms with E-state index in [1.54, 1.807) is 23.5 Å². The van der Waals surface area contributed by atoms with Crippen molar-refractivity contribution in [3.8, 4) is 0 Å². The molecule has 0 saturated carbocycles. The van der Waals surface area contributed by atoms with Crippen molar-refractivity contribution in [2.75, 3.05) is 19.6 Å². The van der Waals surface area contributed by atoms with Crippen LogP contribution in [0.25, 0.3) is 0 Å². The number of hydrogen-bond acceptors (Lipinski definition) is 4. The Morgan fingerprint density at radius 2 is 2.40 bits per heavy atom. The van der Waals surface area contributed by atoms with Crippen molar-refractivity contribution in [1.29, 1.82) is 0 Å². The molecule has 0 spiro atoms. The maximum Gasteiger partial charge on any atom is 0.123 e. The summed E-state index contributed by atoms with van der Waals surface area (Å²) in [6, 6.07) is 7.15. The Morgan fingerprint density at radius 3 is 3.15 bits per heavy atom. The van der Waals surface area contributed by atoms with Gasteiger partial charge in [0, 0.05) is 43.3 Å². The number of nitrogens with one attached hydrogen (secondary N) is 1. The smallest absolute Gasteiger partial charge is 0.123 e. The predicted molar refractivity (Wildman–Crippen MR) is 79.3 cm³/mol. The van der Waals surface area contributed by atoms with E-state index in [2.05, 4.69) is 15.2 Å². The first kappa shape index (κ1) is 13.7. The van der Waals surface area contributed by atoms with Gasteiger partial charge in [-0.15, -0.1) is 11.3 Å². The summed E-state index contributed by atoms with van der Waals surface area (Å²) in [6.45, 7) is 5.72. The highest BCUT2D eigenvalue weighted by Gasteiger charge is 2.24. The van der Waals surface area contributed by atoms with Crippen LogP contribution in [-0.2, 0) is 6.54 Å². The molecular formula is C15H18FN3S. The van der Waals surface area contributed by atoms with Crippen LogP contribution in [0.1, 0.15) is 21.5 Å². The van der Waals surface area contributed by atoms with Gasteiger partial charge in [0.05, 0.1) is 5.01 Å². The Labute approximate surface area is 122 Å². The molecule has 0 aliphatic carbocycles. The summed E-state index contributed by atoms with van der Waals surface area (Å²) in [4.78, 5) is 7.98. The van der Waals surface area contributed by atoms with Gasteiger partial charge in [-0.05, 0) is 24.6 Å². The fourth-order valence-corrected chi connectivity index (χ4v) is 3.48. The number of rotatable bonds is 3. The Bertz CT molecular complexity index is 584. The molecule has 1 aromatic heterocycles. The van der Waals surface area contributed by atoms with Crippen LogP contribution in [0.3, 0.4) is 0 Å². The van der Waals surface area contributed by atoms with Gasteiger partial charge in [-0.3, -0.25) is 4.90 Å². The quantitative estimate of drug-likeness (QED) is 0.942. The molecule has 2 aromatic rings. The van der Waals surface area contributed by atoms with E-state index in [0.29, 0.717) is 0 Å². The van der Waals surface area contributed by atoms with Gasteiger partial charge >= 0.3 is 0 Å². The minimum Gasteiger partial charge on any atom is -0.314 e. The topological polar surface area (TPSA) is 28.2 Å². The fourth-order valence-electron chi connectivity index (χ4n) is 2.66. The van der Waals surface area contributed by atoms with E-state index in [9.17, 15) is 4.39 Å². The summed E-state index contributed by atoms with van der Waals surface area (Å²) < 4.78 is 13.4. The van der Waals surface area contributed by atoms with Gasteiger partial charge in [0.15, 0.2) is 0 Å². The van der Waals surface area contributed by atoms with Gasteiger partial charge in [0.2, 0.25) is 0 Å². The summed E-state index contributed by atoms with van der Waals surface area (Å²) in [5, 5.41) is 4.49. The summed E-state index contributed by atoms with van der Waals surface area (Å²) in [5.41, 5.74) is 1.04. The first-order valence-corrected chi connectivity index (χ1v) is 7.65. The molecule has 1 unspecified atom stereocenters. The Balaban J connectivity index is 1.80. The minimum atomic E-state index is -0.165. The lowest BCUT2D eigenvalue weighted by Crippen LogP contribution is -2.45. The number of aryl methyl sites for hydroxylation is 1. The summed E-state index contributed by atoms with van der Waals surface area (Å²) >= 11 is 1.73. The lowest BCUT2D eigenvalue weighted by Gasteiger charge is -2.36. The van der Waals surface area contributed by atoms with Crippen molar-refractivity contribution in [3.05, 3.63) is 51.7 Å². The molecule has 1 aliphatic heterocycles.